The van der Waals surface area contributed by atoms with Crippen molar-refractivity contribution in [3.63, 3.8) is 0 Å². The minimum absolute atomic E-state index is 0.155. The summed E-state index contributed by atoms with van der Waals surface area (Å²) in [6, 6.07) is 14.1. The van der Waals surface area contributed by atoms with Crippen molar-refractivity contribution in [1.82, 2.24) is 0 Å². The van der Waals surface area contributed by atoms with Crippen molar-refractivity contribution >= 4 is 34.6 Å². The Bertz CT molecular complexity index is 1190. The van der Waals surface area contributed by atoms with Gasteiger partial charge in [0.15, 0.2) is 5.78 Å². The van der Waals surface area contributed by atoms with Gasteiger partial charge in [0, 0.05) is 42.0 Å². The fourth-order valence-corrected chi connectivity index (χ4v) is 3.79. The lowest BCUT2D eigenvalue weighted by molar-refractivity contribution is -0.118. The van der Waals surface area contributed by atoms with Crippen LogP contribution in [0.2, 0.25) is 0 Å². The molecule has 3 aromatic rings. The molecule has 0 saturated heterocycles. The lowest BCUT2D eigenvalue weighted by atomic mass is 9.84. The van der Waals surface area contributed by atoms with E-state index < -0.39 is 17.5 Å². The maximum Gasteiger partial charge on any atom is 0.345 e. The van der Waals surface area contributed by atoms with Gasteiger partial charge in [0.25, 0.3) is 5.91 Å². The smallest absolute Gasteiger partial charge is 0.345 e. The molecule has 1 unspecified atom stereocenters. The second-order valence-electron chi connectivity index (χ2n) is 6.83. The van der Waals surface area contributed by atoms with Crippen LogP contribution in [0, 0.1) is 0 Å². The highest BCUT2D eigenvalue weighted by molar-refractivity contribution is 6.20. The van der Waals surface area contributed by atoms with Crippen LogP contribution in [0.4, 0.5) is 5.69 Å². The molecule has 29 heavy (non-hydrogen) atoms. The van der Waals surface area contributed by atoms with Crippen LogP contribution in [0.15, 0.2) is 62.7 Å². The van der Waals surface area contributed by atoms with Gasteiger partial charge >= 0.3 is 5.63 Å². The minimum Gasteiger partial charge on any atom is -0.422 e. The third-order valence-corrected chi connectivity index (χ3v) is 5.27. The van der Waals surface area contributed by atoms with Gasteiger partial charge in [0.2, 0.25) is 0 Å². The van der Waals surface area contributed by atoms with E-state index in [0.717, 1.165) is 18.8 Å². The highest BCUT2D eigenvalue weighted by atomic mass is 16.4. The van der Waals surface area contributed by atoms with E-state index in [1.807, 2.05) is 26.0 Å². The molecule has 1 aromatic heterocycles. The van der Waals surface area contributed by atoms with E-state index >= 15 is 0 Å². The van der Waals surface area contributed by atoms with Crippen LogP contribution in [0.25, 0.3) is 11.0 Å². The fourth-order valence-electron chi connectivity index (χ4n) is 3.79. The second kappa shape index (κ2) is 7.47. The number of aliphatic imine (C=N–C) groups is 1. The van der Waals surface area contributed by atoms with Crippen molar-refractivity contribution in [3.8, 4) is 0 Å². The lowest BCUT2D eigenvalue weighted by Crippen LogP contribution is -2.29. The Balaban J connectivity index is 1.95. The van der Waals surface area contributed by atoms with Gasteiger partial charge in [0.05, 0.1) is 5.56 Å². The molecule has 1 aliphatic rings. The average molecular weight is 388 g/mol. The number of carbonyl (C=O) groups is 2. The predicted octanol–water partition coefficient (Wildman–Crippen LogP) is 3.56. The zero-order valence-electron chi connectivity index (χ0n) is 16.2. The summed E-state index contributed by atoms with van der Waals surface area (Å²) in [6.07, 6.45) is 1.20. The summed E-state index contributed by atoms with van der Waals surface area (Å²) in [5.74, 6) is -2.12. The van der Waals surface area contributed by atoms with Crippen molar-refractivity contribution < 1.29 is 14.0 Å². The lowest BCUT2D eigenvalue weighted by Gasteiger charge is -2.23. The zero-order chi connectivity index (χ0) is 20.5. The van der Waals surface area contributed by atoms with E-state index in [9.17, 15) is 14.4 Å². The Hall–Kier alpha value is -3.54. The first kappa shape index (κ1) is 18.8. The topological polar surface area (TPSA) is 80.0 Å². The van der Waals surface area contributed by atoms with E-state index in [1.54, 1.807) is 36.4 Å². The first-order valence-corrected chi connectivity index (χ1v) is 9.58. The standard InChI is InChI=1S/C23H20N2O4/c1-3-25(4-2)15-10-11-16-18(12-15)29-23(28)17-13-24-22(27)20(19(16)17)21(26)14-8-6-5-7-9-14/h5-13,20H,3-4H2,1-2H3. The second-order valence-corrected chi connectivity index (χ2v) is 6.83. The van der Waals surface area contributed by atoms with E-state index in [-0.39, 0.29) is 11.3 Å². The summed E-state index contributed by atoms with van der Waals surface area (Å²) in [7, 11) is 0. The fraction of sp³-hybridized carbons (Fsp3) is 0.217. The Morgan fingerprint density at radius 1 is 1.07 bits per heavy atom. The summed E-state index contributed by atoms with van der Waals surface area (Å²) >= 11 is 0. The minimum atomic E-state index is -1.16. The van der Waals surface area contributed by atoms with Gasteiger partial charge in [-0.05, 0) is 31.5 Å². The molecule has 1 aliphatic heterocycles. The van der Waals surface area contributed by atoms with Crippen LogP contribution in [0.1, 0.15) is 41.3 Å². The molecule has 1 atom stereocenters. The Morgan fingerprint density at radius 3 is 2.48 bits per heavy atom. The molecule has 0 aliphatic carbocycles. The number of amides is 1. The highest BCUT2D eigenvalue weighted by Gasteiger charge is 2.36. The molecule has 1 amide bonds. The van der Waals surface area contributed by atoms with Crippen molar-refractivity contribution in [2.75, 3.05) is 18.0 Å². The van der Waals surface area contributed by atoms with Gasteiger partial charge in [-0.25, -0.2) is 9.79 Å². The molecule has 2 heterocycles. The quantitative estimate of drug-likeness (QED) is 0.379. The number of fused-ring (bicyclic) bond motifs is 3. The third-order valence-electron chi connectivity index (χ3n) is 5.27. The number of anilines is 1. The summed E-state index contributed by atoms with van der Waals surface area (Å²) in [6.45, 7) is 5.69. The number of hydrogen-bond acceptors (Lipinski definition) is 5. The molecule has 0 radical (unpaired) electrons. The summed E-state index contributed by atoms with van der Waals surface area (Å²) in [4.78, 5) is 44.3. The van der Waals surface area contributed by atoms with Crippen molar-refractivity contribution in [2.24, 2.45) is 4.99 Å². The van der Waals surface area contributed by atoms with Crippen LogP contribution < -0.4 is 10.5 Å². The molecule has 0 bridgehead atoms. The molecule has 0 N–H and O–H groups in total. The number of carbonyl (C=O) groups excluding carboxylic acids is 2. The Kier molecular flexibility index (Phi) is 4.84. The van der Waals surface area contributed by atoms with Crippen LogP contribution in [-0.4, -0.2) is 31.0 Å². The zero-order valence-corrected chi connectivity index (χ0v) is 16.2. The number of nitrogens with zero attached hydrogens (tertiary/aromatic N) is 2. The van der Waals surface area contributed by atoms with Gasteiger partial charge in [-0.2, -0.15) is 0 Å². The molecule has 4 rings (SSSR count). The van der Waals surface area contributed by atoms with Crippen molar-refractivity contribution in [1.29, 1.82) is 0 Å². The summed E-state index contributed by atoms with van der Waals surface area (Å²) in [5, 5.41) is 0.573. The molecule has 0 fully saturated rings. The van der Waals surface area contributed by atoms with Crippen LogP contribution >= 0.6 is 0 Å². The predicted molar refractivity (Wildman–Crippen MR) is 112 cm³/mol. The van der Waals surface area contributed by atoms with E-state index in [0.29, 0.717) is 22.1 Å². The van der Waals surface area contributed by atoms with Crippen molar-refractivity contribution in [3.05, 3.63) is 75.6 Å². The Labute approximate surface area is 167 Å². The van der Waals surface area contributed by atoms with E-state index in [1.165, 1.54) is 6.21 Å². The van der Waals surface area contributed by atoms with Gasteiger partial charge in [0.1, 0.15) is 11.5 Å². The maximum absolute atomic E-state index is 13.2. The maximum atomic E-state index is 13.2. The van der Waals surface area contributed by atoms with Gasteiger partial charge in [-0.15, -0.1) is 0 Å². The van der Waals surface area contributed by atoms with Crippen molar-refractivity contribution in [2.45, 2.75) is 19.8 Å². The van der Waals surface area contributed by atoms with Crippen LogP contribution in [-0.2, 0) is 4.79 Å². The molecular formula is C23H20N2O4. The monoisotopic (exact) mass is 388 g/mol. The highest BCUT2D eigenvalue weighted by Crippen LogP contribution is 2.34. The molecule has 2 aromatic carbocycles. The first-order valence-electron chi connectivity index (χ1n) is 9.58. The molecule has 0 saturated carbocycles. The number of Topliss-reactive ketones (excluding diaryl/α,β-unsaturated/α-hetero) is 1. The number of ketones is 1. The molecule has 6 nitrogen and oxygen atoms in total. The SMILES string of the molecule is CCN(CC)c1ccc2c3c(c(=O)oc2c1)C=NC(=O)C3C(=O)c1ccccc1. The largest absolute Gasteiger partial charge is 0.422 e. The Morgan fingerprint density at radius 2 is 1.79 bits per heavy atom. The first-order chi connectivity index (χ1) is 14.0. The molecular weight excluding hydrogens is 368 g/mol. The van der Waals surface area contributed by atoms with Gasteiger partial charge in [-0.1, -0.05) is 30.3 Å². The number of hydrogen-bond donors (Lipinski definition) is 0. The third kappa shape index (κ3) is 3.16. The molecule has 0 spiro atoms. The average Bonchev–Trinajstić information content (AvgIpc) is 2.74. The number of benzene rings is 2. The number of rotatable bonds is 5. The van der Waals surface area contributed by atoms with Gasteiger partial charge in [-0.3, -0.25) is 9.59 Å². The molecule has 6 heteroatoms. The molecule has 146 valence electrons. The summed E-state index contributed by atoms with van der Waals surface area (Å²) < 4.78 is 5.51. The van der Waals surface area contributed by atoms with E-state index in [4.69, 9.17) is 4.42 Å². The van der Waals surface area contributed by atoms with Gasteiger partial charge < -0.3 is 9.32 Å². The van der Waals surface area contributed by atoms with E-state index in [2.05, 4.69) is 9.89 Å². The van der Waals surface area contributed by atoms with Crippen LogP contribution in [0.3, 0.4) is 0 Å². The normalized spacial score (nSPS) is 15.4. The summed E-state index contributed by atoms with van der Waals surface area (Å²) in [5.41, 5.74) is 1.58. The van der Waals surface area contributed by atoms with Crippen LogP contribution in [0.5, 0.6) is 0 Å².